The zero-order valence-corrected chi connectivity index (χ0v) is 27.4. The van der Waals surface area contributed by atoms with Gasteiger partial charge in [-0.05, 0) is 103 Å². The van der Waals surface area contributed by atoms with Gasteiger partial charge in [-0.1, -0.05) is 37.6 Å². The lowest BCUT2D eigenvalue weighted by Gasteiger charge is -2.64. The molecule has 0 bridgehead atoms. The van der Waals surface area contributed by atoms with E-state index in [1.807, 2.05) is 0 Å². The second-order valence-corrected chi connectivity index (χ2v) is 16.6. The lowest BCUT2D eigenvalue weighted by atomic mass is 9.42. The van der Waals surface area contributed by atoms with Crippen LogP contribution in [0.2, 0.25) is 0 Å². The van der Waals surface area contributed by atoms with Gasteiger partial charge in [-0.3, -0.25) is 0 Å². The van der Waals surface area contributed by atoms with Crippen LogP contribution in [0.5, 0.6) is 0 Å². The van der Waals surface area contributed by atoms with E-state index < -0.39 is 28.5 Å². The van der Waals surface area contributed by atoms with Crippen LogP contribution in [0.15, 0.2) is 41.7 Å². The average Bonchev–Trinajstić information content (AvgIpc) is 3.79. The van der Waals surface area contributed by atoms with Crippen molar-refractivity contribution in [2.45, 2.75) is 146 Å². The summed E-state index contributed by atoms with van der Waals surface area (Å²) < 4.78 is 32.6. The predicted octanol–water partition coefficient (Wildman–Crippen LogP) is 6.16. The van der Waals surface area contributed by atoms with Crippen molar-refractivity contribution >= 4 is 10.9 Å². The van der Waals surface area contributed by atoms with E-state index in [1.54, 1.807) is 0 Å². The van der Waals surface area contributed by atoms with E-state index >= 15 is 0 Å². The van der Waals surface area contributed by atoms with Gasteiger partial charge in [0.1, 0.15) is 35.3 Å². The Labute approximate surface area is 260 Å². The molecule has 3 aliphatic carbocycles. The molecule has 5 heterocycles. The maximum absolute atomic E-state index is 13.2. The van der Waals surface area contributed by atoms with Crippen LogP contribution in [0.25, 0.3) is 10.9 Å². The van der Waals surface area contributed by atoms with Gasteiger partial charge in [-0.2, -0.15) is 0 Å². The van der Waals surface area contributed by atoms with Gasteiger partial charge < -0.3 is 33.8 Å². The monoisotopic (exact) mass is 601 g/mol. The van der Waals surface area contributed by atoms with Crippen LogP contribution < -0.4 is 0 Å². The number of epoxide rings is 2. The molecule has 1 spiro atoms. The van der Waals surface area contributed by atoms with Crippen molar-refractivity contribution in [1.29, 1.82) is 0 Å². The summed E-state index contributed by atoms with van der Waals surface area (Å²) in [5.74, 6) is 1.22. The Bertz CT molecular complexity index is 1660. The number of nitrogens with one attached hydrogen (secondary N) is 1. The van der Waals surface area contributed by atoms with Crippen LogP contribution in [0.4, 0.5) is 0 Å². The van der Waals surface area contributed by atoms with Gasteiger partial charge in [-0.25, -0.2) is 0 Å². The molecule has 236 valence electrons. The molecule has 10 atom stereocenters. The van der Waals surface area contributed by atoms with E-state index in [2.05, 4.69) is 90.7 Å². The van der Waals surface area contributed by atoms with Gasteiger partial charge >= 0.3 is 0 Å². The minimum Gasteiger partial charge on any atom is -0.486 e. The molecule has 1 saturated carbocycles. The van der Waals surface area contributed by atoms with Gasteiger partial charge in [0, 0.05) is 27.4 Å². The van der Waals surface area contributed by atoms with Crippen LogP contribution in [0.1, 0.15) is 91.5 Å². The molecule has 9 rings (SSSR count). The fourth-order valence-electron chi connectivity index (χ4n) is 10.4. The number of aliphatic hydroxyl groups is 1. The largest absolute Gasteiger partial charge is 0.486 e. The molecule has 2 N–H and O–H groups in total. The van der Waals surface area contributed by atoms with E-state index in [4.69, 9.17) is 23.7 Å². The molecular weight excluding hydrogens is 554 g/mol. The second kappa shape index (κ2) is 8.21. The quantitative estimate of drug-likeness (QED) is 0.324. The summed E-state index contributed by atoms with van der Waals surface area (Å²) in [6, 6.07) is 6.91. The van der Waals surface area contributed by atoms with Crippen LogP contribution >= 0.6 is 0 Å². The van der Waals surface area contributed by atoms with Gasteiger partial charge in [0.2, 0.25) is 0 Å². The van der Waals surface area contributed by atoms with Crippen LogP contribution in [0.3, 0.4) is 0 Å². The molecule has 44 heavy (non-hydrogen) atoms. The number of benzene rings is 1. The predicted molar refractivity (Wildman–Crippen MR) is 166 cm³/mol. The van der Waals surface area contributed by atoms with Crippen molar-refractivity contribution in [1.82, 2.24) is 4.98 Å². The number of fused-ring (bicyclic) bond motifs is 9. The minimum absolute atomic E-state index is 0.134. The molecule has 7 heteroatoms. The van der Waals surface area contributed by atoms with Gasteiger partial charge in [0.15, 0.2) is 18.0 Å². The highest BCUT2D eigenvalue weighted by molar-refractivity contribution is 5.87. The summed E-state index contributed by atoms with van der Waals surface area (Å²) in [7, 11) is 0. The van der Waals surface area contributed by atoms with Gasteiger partial charge in [-0.15, -0.1) is 0 Å². The highest BCUT2D eigenvalue weighted by Gasteiger charge is 2.86. The summed E-state index contributed by atoms with van der Waals surface area (Å²) in [5, 5.41) is 14.6. The number of ether oxygens (including phenoxy) is 5. The first-order chi connectivity index (χ1) is 20.7. The zero-order valence-electron chi connectivity index (χ0n) is 27.4. The normalized spacial score (nSPS) is 46.7. The van der Waals surface area contributed by atoms with Crippen LogP contribution in [-0.2, 0) is 41.9 Å². The van der Waals surface area contributed by atoms with Crippen molar-refractivity contribution in [3.8, 4) is 0 Å². The highest BCUT2D eigenvalue weighted by atomic mass is 16.8. The third-order valence-corrected chi connectivity index (χ3v) is 13.3. The number of aromatic amines is 1. The average molecular weight is 602 g/mol. The first-order valence-electron chi connectivity index (χ1n) is 16.7. The van der Waals surface area contributed by atoms with Crippen LogP contribution in [-0.4, -0.2) is 63.2 Å². The Kier molecular flexibility index (Phi) is 5.24. The number of hydrogen-bond acceptors (Lipinski definition) is 6. The Morgan fingerprint density at radius 3 is 2.48 bits per heavy atom. The standard InChI is InChI=1S/C37H47NO6/c1-19(2)9-10-20-11-12-22-23-18-21-13-16-36(39)34(7,35(21,8)27(23)38-24(22)17-20)15-14-25-37(36)29(43-37)26-28(40-25)32(3,4)44-31(41-26)30-33(5,6)42-30/h9,11-12,14,17,21,26,28-31,38-39H,10,13,15-16,18H2,1-8H3/t21-,26+,28-,29+,30?,31-,34+,35+,36-,37-/m0/s1. The Morgan fingerprint density at radius 1 is 1.00 bits per heavy atom. The fraction of sp³-hybridized carbons (Fsp3) is 0.676. The second-order valence-electron chi connectivity index (χ2n) is 16.6. The number of rotatable bonds is 3. The summed E-state index contributed by atoms with van der Waals surface area (Å²) in [5.41, 5.74) is 2.93. The number of hydrogen-bond donors (Lipinski definition) is 2. The van der Waals surface area contributed by atoms with E-state index in [-0.39, 0.29) is 35.4 Å². The van der Waals surface area contributed by atoms with Gasteiger partial charge in [0.05, 0.1) is 5.60 Å². The topological polar surface area (TPSA) is 88.8 Å². The molecule has 7 nitrogen and oxygen atoms in total. The molecule has 1 unspecified atom stereocenters. The first kappa shape index (κ1) is 28.1. The first-order valence-corrected chi connectivity index (χ1v) is 16.7. The van der Waals surface area contributed by atoms with E-state index in [0.29, 0.717) is 12.3 Å². The lowest BCUT2D eigenvalue weighted by molar-refractivity contribution is -0.332. The summed E-state index contributed by atoms with van der Waals surface area (Å²) in [6.45, 7) is 17.3. The molecule has 7 aliphatic rings. The highest BCUT2D eigenvalue weighted by Crippen LogP contribution is 2.75. The summed E-state index contributed by atoms with van der Waals surface area (Å²) >= 11 is 0. The molecule has 1 aromatic heterocycles. The molecule has 4 aliphatic heterocycles. The van der Waals surface area contributed by atoms with Crippen molar-refractivity contribution in [2.24, 2.45) is 11.3 Å². The maximum Gasteiger partial charge on any atom is 0.188 e. The Balaban J connectivity index is 1.11. The molecule has 0 radical (unpaired) electrons. The van der Waals surface area contributed by atoms with Crippen molar-refractivity contribution in [2.75, 3.05) is 0 Å². The number of allylic oxidation sites excluding steroid dienone is 3. The van der Waals surface area contributed by atoms with Gasteiger partial charge in [0.25, 0.3) is 0 Å². The lowest BCUT2D eigenvalue weighted by Crippen LogP contribution is -2.74. The summed E-state index contributed by atoms with van der Waals surface area (Å²) in [4.78, 5) is 3.93. The third-order valence-electron chi connectivity index (χ3n) is 13.3. The number of aromatic nitrogens is 1. The smallest absolute Gasteiger partial charge is 0.188 e. The SMILES string of the molecule is CC(C)=CCc1ccc2c3c([nH]c2c1)[C@@]1(C)[C@@H](CC[C@]2(O)[C@]1(C)CC=C1O[C@H]4[C@@H](O[C@H](C5OC5(C)C)OC4(C)C)[C@H]4O[C@@]142)C3. The molecule has 5 fully saturated rings. The van der Waals surface area contributed by atoms with E-state index in [9.17, 15) is 5.11 Å². The molecule has 4 saturated heterocycles. The number of H-pyrrole nitrogens is 1. The molecular formula is C37H47NO6. The van der Waals surface area contributed by atoms with E-state index in [0.717, 1.165) is 31.4 Å². The summed E-state index contributed by atoms with van der Waals surface area (Å²) in [6.07, 6.45) is 7.19. The molecule has 1 aromatic carbocycles. The van der Waals surface area contributed by atoms with Crippen molar-refractivity contribution < 1.29 is 28.8 Å². The minimum atomic E-state index is -1.12. The zero-order chi connectivity index (χ0) is 30.8. The fourth-order valence-corrected chi connectivity index (χ4v) is 10.4. The van der Waals surface area contributed by atoms with Crippen molar-refractivity contribution in [3.63, 3.8) is 0 Å². The third kappa shape index (κ3) is 3.16. The Morgan fingerprint density at radius 2 is 1.75 bits per heavy atom. The molecule has 2 aromatic rings. The Hall–Kier alpha value is -2.16. The van der Waals surface area contributed by atoms with Crippen LogP contribution in [0, 0.1) is 11.3 Å². The van der Waals surface area contributed by atoms with Crippen molar-refractivity contribution in [3.05, 3.63) is 58.5 Å². The maximum atomic E-state index is 13.2. The van der Waals surface area contributed by atoms with E-state index in [1.165, 1.54) is 33.3 Å². The molecule has 0 amide bonds.